The lowest BCUT2D eigenvalue weighted by Crippen LogP contribution is -2.67. The van der Waals surface area contributed by atoms with Gasteiger partial charge in [0, 0.05) is 12.2 Å². The second-order valence-corrected chi connectivity index (χ2v) is 4.96. The van der Waals surface area contributed by atoms with Crippen molar-refractivity contribution < 1.29 is 54.2 Å². The Morgan fingerprint density at radius 3 is 1.15 bits per heavy atom. The molecule has 2 unspecified atom stereocenters. The summed E-state index contributed by atoms with van der Waals surface area (Å²) in [4.78, 5) is 21.6. The van der Waals surface area contributed by atoms with E-state index < -0.39 is 47.8 Å². The van der Waals surface area contributed by atoms with E-state index in [1.54, 1.807) is 0 Å². The van der Waals surface area contributed by atoms with Gasteiger partial charge in [-0.1, -0.05) is 13.2 Å². The highest BCUT2D eigenvalue weighted by Crippen LogP contribution is 2.55. The van der Waals surface area contributed by atoms with Crippen LogP contribution in [0.3, 0.4) is 0 Å². The Balaban J connectivity index is 5.89. The maximum absolute atomic E-state index is 13.7. The Labute approximate surface area is 142 Å². The standard InChI is InChI=1S/C14H14F8O4/c1-5-9(23)25-7(3)11(15,16)13(19,20)14(21,22)12(17,18)8(4)26-10(24)6-2/h5-8H,1-2H2,3-4H3. The summed E-state index contributed by atoms with van der Waals surface area (Å²) in [7, 11) is 0. The Kier molecular flexibility index (Phi) is 6.99. The lowest BCUT2D eigenvalue weighted by atomic mass is 9.93. The Morgan fingerprint density at radius 1 is 0.731 bits per heavy atom. The minimum absolute atomic E-state index is 0.102. The van der Waals surface area contributed by atoms with Crippen LogP contribution in [0.15, 0.2) is 25.3 Å². The smallest absolute Gasteiger partial charge is 0.382 e. The molecule has 0 bridgehead atoms. The fourth-order valence-electron chi connectivity index (χ4n) is 1.52. The van der Waals surface area contributed by atoms with Crippen molar-refractivity contribution in [2.24, 2.45) is 0 Å². The van der Waals surface area contributed by atoms with E-state index in [0.29, 0.717) is 0 Å². The van der Waals surface area contributed by atoms with Crippen molar-refractivity contribution in [1.29, 1.82) is 0 Å². The van der Waals surface area contributed by atoms with Crippen molar-refractivity contribution in [2.75, 3.05) is 0 Å². The van der Waals surface area contributed by atoms with Crippen LogP contribution >= 0.6 is 0 Å². The molecule has 0 radical (unpaired) electrons. The maximum Gasteiger partial charge on any atom is 0.382 e. The average Bonchev–Trinajstić information content (AvgIpc) is 2.53. The van der Waals surface area contributed by atoms with Crippen LogP contribution in [-0.2, 0) is 19.1 Å². The van der Waals surface area contributed by atoms with Crippen molar-refractivity contribution in [3.05, 3.63) is 25.3 Å². The molecule has 0 N–H and O–H groups in total. The zero-order valence-corrected chi connectivity index (χ0v) is 13.4. The summed E-state index contributed by atoms with van der Waals surface area (Å²) in [6.07, 6.45) is -5.88. The van der Waals surface area contributed by atoms with E-state index in [1.165, 1.54) is 0 Å². The molecule has 0 aliphatic heterocycles. The first-order valence-electron chi connectivity index (χ1n) is 6.68. The molecule has 0 heterocycles. The highest BCUT2D eigenvalue weighted by molar-refractivity contribution is 5.81. The van der Waals surface area contributed by atoms with E-state index >= 15 is 0 Å². The summed E-state index contributed by atoms with van der Waals surface area (Å²) in [6, 6.07) is 0. The van der Waals surface area contributed by atoms with E-state index in [4.69, 9.17) is 0 Å². The molecule has 0 saturated heterocycles. The van der Waals surface area contributed by atoms with Crippen LogP contribution in [0.1, 0.15) is 13.8 Å². The summed E-state index contributed by atoms with van der Waals surface area (Å²) < 4.78 is 117. The number of esters is 2. The summed E-state index contributed by atoms with van der Waals surface area (Å²) in [5.41, 5.74) is 0. The van der Waals surface area contributed by atoms with Crippen molar-refractivity contribution >= 4 is 11.9 Å². The van der Waals surface area contributed by atoms with Crippen molar-refractivity contribution in [1.82, 2.24) is 0 Å². The fraction of sp³-hybridized carbons (Fsp3) is 0.571. The molecule has 0 fully saturated rings. The topological polar surface area (TPSA) is 52.6 Å². The van der Waals surface area contributed by atoms with Gasteiger partial charge in [-0.05, 0) is 13.8 Å². The van der Waals surface area contributed by atoms with Gasteiger partial charge in [-0.2, -0.15) is 35.1 Å². The Bertz CT molecular complexity index is 523. The quantitative estimate of drug-likeness (QED) is 0.337. The number of ether oxygens (including phenoxy) is 2. The molecule has 0 aromatic heterocycles. The van der Waals surface area contributed by atoms with Crippen LogP contribution in [-0.4, -0.2) is 47.8 Å². The number of rotatable bonds is 9. The van der Waals surface area contributed by atoms with Gasteiger partial charge < -0.3 is 9.47 Å². The first-order valence-corrected chi connectivity index (χ1v) is 6.68. The first kappa shape index (κ1) is 23.9. The molecule has 26 heavy (non-hydrogen) atoms. The predicted octanol–water partition coefficient (Wildman–Crippen LogP) is 3.76. The number of hydrogen-bond donors (Lipinski definition) is 0. The monoisotopic (exact) mass is 398 g/mol. The third-order valence-corrected chi connectivity index (χ3v) is 3.17. The molecule has 0 aliphatic rings. The van der Waals surface area contributed by atoms with E-state index in [9.17, 15) is 44.7 Å². The number of hydrogen-bond acceptors (Lipinski definition) is 4. The number of carbonyl (C=O) groups excluding carboxylic acids is 2. The van der Waals surface area contributed by atoms with Gasteiger partial charge in [0.2, 0.25) is 0 Å². The number of halogens is 8. The van der Waals surface area contributed by atoms with Gasteiger partial charge in [0.15, 0.2) is 12.2 Å². The van der Waals surface area contributed by atoms with Crippen molar-refractivity contribution in [2.45, 2.75) is 49.7 Å². The highest BCUT2D eigenvalue weighted by atomic mass is 19.4. The van der Waals surface area contributed by atoms with E-state index in [2.05, 4.69) is 22.6 Å². The molecule has 4 nitrogen and oxygen atoms in total. The molecule has 0 aliphatic carbocycles. The molecule has 0 saturated carbocycles. The van der Waals surface area contributed by atoms with E-state index in [1.807, 2.05) is 0 Å². The van der Waals surface area contributed by atoms with Crippen LogP contribution in [0.4, 0.5) is 35.1 Å². The van der Waals surface area contributed by atoms with E-state index in [0.717, 1.165) is 0 Å². The molecule has 0 amide bonds. The van der Waals surface area contributed by atoms with Crippen LogP contribution in [0, 0.1) is 0 Å². The van der Waals surface area contributed by atoms with Crippen LogP contribution in [0.5, 0.6) is 0 Å². The number of alkyl halides is 8. The Morgan fingerprint density at radius 2 is 0.962 bits per heavy atom. The largest absolute Gasteiger partial charge is 0.453 e. The molecular formula is C14H14F8O4. The average molecular weight is 398 g/mol. The SMILES string of the molecule is C=CC(=O)OC(C)C(F)(F)C(F)(F)C(F)(F)C(F)(F)C(C)OC(=O)C=C. The second-order valence-electron chi connectivity index (χ2n) is 4.96. The van der Waals surface area contributed by atoms with Crippen molar-refractivity contribution in [3.63, 3.8) is 0 Å². The maximum atomic E-state index is 13.7. The van der Waals surface area contributed by atoms with Gasteiger partial charge in [-0.15, -0.1) is 0 Å². The molecule has 0 rings (SSSR count). The van der Waals surface area contributed by atoms with Crippen LogP contribution < -0.4 is 0 Å². The second kappa shape index (κ2) is 7.62. The minimum atomic E-state index is -6.70. The zero-order valence-electron chi connectivity index (χ0n) is 13.4. The Hall–Kier alpha value is -2.14. The van der Waals surface area contributed by atoms with E-state index in [-0.39, 0.29) is 26.0 Å². The van der Waals surface area contributed by atoms with Gasteiger partial charge in [0.1, 0.15) is 0 Å². The summed E-state index contributed by atoms with van der Waals surface area (Å²) >= 11 is 0. The molecular weight excluding hydrogens is 384 g/mol. The summed E-state index contributed by atoms with van der Waals surface area (Å²) in [6.45, 7) is 5.75. The van der Waals surface area contributed by atoms with Gasteiger partial charge in [0.05, 0.1) is 0 Å². The van der Waals surface area contributed by atoms with Crippen LogP contribution in [0.25, 0.3) is 0 Å². The van der Waals surface area contributed by atoms with Crippen LogP contribution in [0.2, 0.25) is 0 Å². The summed E-state index contributed by atoms with van der Waals surface area (Å²) in [5.74, 6) is -28.6. The van der Waals surface area contributed by atoms with Gasteiger partial charge in [-0.25, -0.2) is 9.59 Å². The fourth-order valence-corrected chi connectivity index (χ4v) is 1.52. The third kappa shape index (κ3) is 3.98. The number of carbonyl (C=O) groups is 2. The molecule has 0 spiro atoms. The first-order chi connectivity index (χ1) is 11.5. The third-order valence-electron chi connectivity index (χ3n) is 3.17. The minimum Gasteiger partial charge on any atom is -0.453 e. The van der Waals surface area contributed by atoms with Gasteiger partial charge in [-0.3, -0.25) is 0 Å². The summed E-state index contributed by atoms with van der Waals surface area (Å²) in [5, 5.41) is 0. The highest BCUT2D eigenvalue weighted by Gasteiger charge is 2.83. The molecule has 150 valence electrons. The molecule has 12 heteroatoms. The normalized spacial score (nSPS) is 15.6. The molecule has 2 atom stereocenters. The van der Waals surface area contributed by atoms with Gasteiger partial charge >= 0.3 is 35.6 Å². The van der Waals surface area contributed by atoms with Crippen molar-refractivity contribution in [3.8, 4) is 0 Å². The predicted molar refractivity (Wildman–Crippen MR) is 71.3 cm³/mol. The molecule has 0 aromatic rings. The van der Waals surface area contributed by atoms with Gasteiger partial charge in [0.25, 0.3) is 0 Å². The zero-order chi connectivity index (χ0) is 21.1. The lowest BCUT2D eigenvalue weighted by Gasteiger charge is -2.39. The lowest BCUT2D eigenvalue weighted by molar-refractivity contribution is -0.388. The molecule has 0 aromatic carbocycles.